The number of hydrogen-bond donors (Lipinski definition) is 1. The van der Waals surface area contributed by atoms with E-state index < -0.39 is 0 Å². The third-order valence-electron chi connectivity index (χ3n) is 8.70. The van der Waals surface area contributed by atoms with Gasteiger partial charge in [0.1, 0.15) is 23.9 Å². The van der Waals surface area contributed by atoms with Crippen LogP contribution < -0.4 is 24.6 Å². The van der Waals surface area contributed by atoms with E-state index in [1.54, 1.807) is 7.11 Å². The van der Waals surface area contributed by atoms with Crippen molar-refractivity contribution in [1.82, 2.24) is 15.0 Å². The van der Waals surface area contributed by atoms with Crippen LogP contribution in [0.1, 0.15) is 25.0 Å². The van der Waals surface area contributed by atoms with Crippen molar-refractivity contribution in [2.45, 2.75) is 39.2 Å². The van der Waals surface area contributed by atoms with Crippen LogP contribution in [0.25, 0.3) is 22.3 Å². The molecule has 0 saturated carbocycles. The largest absolute Gasteiger partial charge is 0.496 e. The maximum absolute atomic E-state index is 6.00. The minimum absolute atomic E-state index is 0.0939. The predicted octanol–water partition coefficient (Wildman–Crippen LogP) is 6.34. The molecule has 7 rings (SSSR count). The van der Waals surface area contributed by atoms with Crippen LogP contribution in [0.2, 0.25) is 0 Å². The highest BCUT2D eigenvalue weighted by molar-refractivity contribution is 5.90. The van der Waals surface area contributed by atoms with Gasteiger partial charge in [0, 0.05) is 49.5 Å². The molecule has 10 nitrogen and oxygen atoms in total. The molecule has 2 atom stereocenters. The Kier molecular flexibility index (Phi) is 9.53. The van der Waals surface area contributed by atoms with E-state index in [9.17, 15) is 0 Å². The summed E-state index contributed by atoms with van der Waals surface area (Å²) in [5.41, 5.74) is 5.66. The molecular weight excluding hydrogens is 604 g/mol. The summed E-state index contributed by atoms with van der Waals surface area (Å²) >= 11 is 0. The quantitative estimate of drug-likeness (QED) is 0.185. The molecule has 1 N–H and O–H groups in total. The minimum atomic E-state index is 0.0939. The molecule has 0 spiro atoms. The van der Waals surface area contributed by atoms with Gasteiger partial charge in [-0.2, -0.15) is 9.97 Å². The topological polar surface area (TPSA) is 94.1 Å². The van der Waals surface area contributed by atoms with Gasteiger partial charge in [0.25, 0.3) is 0 Å². The first-order chi connectivity index (χ1) is 23.5. The third kappa shape index (κ3) is 7.30. The zero-order valence-electron chi connectivity index (χ0n) is 27.8. The van der Waals surface area contributed by atoms with Crippen LogP contribution in [0, 0.1) is 0 Å². The van der Waals surface area contributed by atoms with Crippen molar-refractivity contribution in [1.29, 1.82) is 0 Å². The van der Waals surface area contributed by atoms with Crippen LogP contribution in [0.4, 0.5) is 17.5 Å². The molecule has 2 aliphatic heterocycles. The lowest BCUT2D eigenvalue weighted by Crippen LogP contribution is -2.46. The molecule has 2 aliphatic rings. The molecule has 0 bridgehead atoms. The highest BCUT2D eigenvalue weighted by Gasteiger charge is 2.27. The summed E-state index contributed by atoms with van der Waals surface area (Å²) in [5, 5.41) is 4.47. The summed E-state index contributed by atoms with van der Waals surface area (Å²) in [5.74, 6) is 3.23. The molecule has 0 radical (unpaired) electrons. The summed E-state index contributed by atoms with van der Waals surface area (Å²) in [7, 11) is 1.70. The number of anilines is 3. The van der Waals surface area contributed by atoms with Crippen molar-refractivity contribution in [3.05, 3.63) is 96.1 Å². The summed E-state index contributed by atoms with van der Waals surface area (Å²) < 4.78 is 23.3. The first kappa shape index (κ1) is 31.7. The van der Waals surface area contributed by atoms with E-state index >= 15 is 0 Å². The highest BCUT2D eigenvalue weighted by Crippen LogP contribution is 2.32. The van der Waals surface area contributed by atoms with Crippen molar-refractivity contribution in [2.75, 3.05) is 61.6 Å². The fourth-order valence-electron chi connectivity index (χ4n) is 6.33. The fourth-order valence-corrected chi connectivity index (χ4v) is 6.33. The van der Waals surface area contributed by atoms with Crippen LogP contribution in [-0.4, -0.2) is 73.7 Å². The number of nitrogens with one attached hydrogen (secondary N) is 1. The molecule has 5 aromatic rings. The first-order valence-electron chi connectivity index (χ1n) is 16.6. The van der Waals surface area contributed by atoms with Crippen molar-refractivity contribution < 1.29 is 18.9 Å². The first-order valence-corrected chi connectivity index (χ1v) is 16.6. The normalized spacial score (nSPS) is 18.1. The number of morpholine rings is 2. The summed E-state index contributed by atoms with van der Waals surface area (Å²) in [4.78, 5) is 19.7. The van der Waals surface area contributed by atoms with Crippen molar-refractivity contribution in [3.63, 3.8) is 0 Å². The number of rotatable bonds is 10. The maximum atomic E-state index is 6.00. The summed E-state index contributed by atoms with van der Waals surface area (Å²) in [6.07, 6.45) is 0.188. The molecule has 4 heterocycles. The second-order valence-corrected chi connectivity index (χ2v) is 12.4. The predicted molar refractivity (Wildman–Crippen MR) is 189 cm³/mol. The lowest BCUT2D eigenvalue weighted by molar-refractivity contribution is -0.00570. The van der Waals surface area contributed by atoms with Crippen molar-refractivity contribution in [2.24, 2.45) is 0 Å². The Labute approximate surface area is 281 Å². The van der Waals surface area contributed by atoms with Gasteiger partial charge in [-0.3, -0.25) is 0 Å². The Balaban J connectivity index is 1.13. The number of benzene rings is 3. The van der Waals surface area contributed by atoms with E-state index in [4.69, 9.17) is 33.9 Å². The van der Waals surface area contributed by atoms with Gasteiger partial charge in [-0.05, 0) is 74.0 Å². The number of pyridine rings is 1. The van der Waals surface area contributed by atoms with Gasteiger partial charge in [0.2, 0.25) is 5.95 Å². The van der Waals surface area contributed by atoms with Crippen LogP contribution >= 0.6 is 0 Å². The second kappa shape index (κ2) is 14.5. The standard InChI is InChI=1S/C38H42N6O4/c1-26-23-44(24-27(2)48-26)38-41-36-33(37(42-38)43-17-19-46-20-18-43)14-15-34(40-36)29-9-16-35(45-3)30(21-29)22-39-31-10-12-32(13-11-31)47-25-28-7-5-4-6-8-28/h4-16,21,26-27,39H,17-20,22-25H2,1-3H3/t26-,27+. The van der Waals surface area contributed by atoms with Crippen molar-refractivity contribution >= 4 is 28.5 Å². The van der Waals surface area contributed by atoms with Gasteiger partial charge >= 0.3 is 0 Å². The molecule has 2 fully saturated rings. The number of nitrogens with zero attached hydrogens (tertiary/aromatic N) is 5. The molecule has 2 saturated heterocycles. The highest BCUT2D eigenvalue weighted by atomic mass is 16.5. The Morgan fingerprint density at radius 1 is 0.833 bits per heavy atom. The van der Waals surface area contributed by atoms with Crippen LogP contribution in [0.3, 0.4) is 0 Å². The minimum Gasteiger partial charge on any atom is -0.496 e. The zero-order chi connectivity index (χ0) is 32.9. The van der Waals surface area contributed by atoms with Crippen molar-refractivity contribution in [3.8, 4) is 22.8 Å². The lowest BCUT2D eigenvalue weighted by Gasteiger charge is -2.36. The second-order valence-electron chi connectivity index (χ2n) is 12.4. The Bertz CT molecular complexity index is 1820. The van der Waals surface area contributed by atoms with Gasteiger partial charge in [-0.1, -0.05) is 30.3 Å². The molecular formula is C38H42N6O4. The average molecular weight is 647 g/mol. The molecule has 248 valence electrons. The zero-order valence-corrected chi connectivity index (χ0v) is 27.8. The molecule has 48 heavy (non-hydrogen) atoms. The van der Waals surface area contributed by atoms with Crippen LogP contribution in [-0.2, 0) is 22.6 Å². The Morgan fingerprint density at radius 3 is 2.35 bits per heavy atom. The molecule has 10 heteroatoms. The van der Waals surface area contributed by atoms with E-state index in [1.807, 2.05) is 54.6 Å². The van der Waals surface area contributed by atoms with E-state index in [1.165, 1.54) is 0 Å². The van der Waals surface area contributed by atoms with Crippen LogP contribution in [0.5, 0.6) is 11.5 Å². The fraction of sp³-hybridized carbons (Fsp3) is 0.342. The molecule has 0 unspecified atom stereocenters. The van der Waals surface area contributed by atoms with Gasteiger partial charge in [0.15, 0.2) is 5.65 Å². The maximum Gasteiger partial charge on any atom is 0.229 e. The van der Waals surface area contributed by atoms with Gasteiger partial charge in [-0.25, -0.2) is 4.98 Å². The number of ether oxygens (including phenoxy) is 4. The van der Waals surface area contributed by atoms with E-state index in [2.05, 4.69) is 59.3 Å². The van der Waals surface area contributed by atoms with E-state index in [-0.39, 0.29) is 12.2 Å². The van der Waals surface area contributed by atoms with E-state index in [0.29, 0.717) is 38.0 Å². The Hall–Kier alpha value is -4.93. The smallest absolute Gasteiger partial charge is 0.229 e. The van der Waals surface area contributed by atoms with Gasteiger partial charge < -0.3 is 34.1 Å². The lowest BCUT2D eigenvalue weighted by atomic mass is 10.1. The number of hydrogen-bond acceptors (Lipinski definition) is 10. The average Bonchev–Trinajstić information content (AvgIpc) is 3.13. The SMILES string of the molecule is COc1ccc(-c2ccc3c(N4CCOCC4)nc(N4C[C@@H](C)O[C@@H](C)C4)nc3n2)cc1CNc1ccc(OCc2ccccc2)cc1. The Morgan fingerprint density at radius 2 is 1.60 bits per heavy atom. The van der Waals surface area contributed by atoms with Gasteiger partial charge in [0.05, 0.1) is 43.6 Å². The molecule has 0 aliphatic carbocycles. The summed E-state index contributed by atoms with van der Waals surface area (Å²) in [6, 6.07) is 28.5. The summed E-state index contributed by atoms with van der Waals surface area (Å²) in [6.45, 7) is 9.67. The van der Waals surface area contributed by atoms with Crippen LogP contribution in [0.15, 0.2) is 84.9 Å². The number of fused-ring (bicyclic) bond motifs is 1. The van der Waals surface area contributed by atoms with E-state index in [0.717, 1.165) is 77.0 Å². The molecule has 2 aromatic heterocycles. The monoisotopic (exact) mass is 646 g/mol. The number of aromatic nitrogens is 3. The van der Waals surface area contributed by atoms with Gasteiger partial charge in [-0.15, -0.1) is 0 Å². The molecule has 3 aromatic carbocycles. The third-order valence-corrected chi connectivity index (χ3v) is 8.70. The molecule has 0 amide bonds. The number of methoxy groups -OCH3 is 1.